The van der Waals surface area contributed by atoms with Crippen molar-refractivity contribution >= 4 is 29.1 Å². The number of carbonyl (C=O) groups excluding carboxylic acids is 2. The van der Waals surface area contributed by atoms with E-state index in [9.17, 15) is 22.8 Å². The molecule has 0 spiro atoms. The Morgan fingerprint density at radius 1 is 1.12 bits per heavy atom. The quantitative estimate of drug-likeness (QED) is 0.361. The number of hydrogen-bond acceptors (Lipinski definition) is 8. The van der Waals surface area contributed by atoms with Crippen molar-refractivity contribution in [3.8, 4) is 17.0 Å². The Morgan fingerprint density at radius 3 is 2.56 bits per heavy atom. The fraction of sp³-hybridized carbons (Fsp3) is 0.385. The van der Waals surface area contributed by atoms with Gasteiger partial charge in [-0.1, -0.05) is 0 Å². The number of ether oxygens (including phenoxy) is 1. The number of fused-ring (bicyclic) bond motifs is 1. The Labute approximate surface area is 231 Å². The lowest BCUT2D eigenvalue weighted by Gasteiger charge is -2.40. The average Bonchev–Trinajstić information content (AvgIpc) is 3.45. The van der Waals surface area contributed by atoms with Crippen LogP contribution in [0.15, 0.2) is 43.0 Å². The highest BCUT2D eigenvalue weighted by molar-refractivity contribution is 5.97. The first-order valence-corrected chi connectivity index (χ1v) is 13.0. The summed E-state index contributed by atoms with van der Waals surface area (Å²) >= 11 is 0. The van der Waals surface area contributed by atoms with Crippen LogP contribution in [0.5, 0.6) is 5.75 Å². The van der Waals surface area contributed by atoms with E-state index in [1.807, 2.05) is 17.9 Å². The van der Waals surface area contributed by atoms with Gasteiger partial charge in [0.05, 0.1) is 17.8 Å². The number of amides is 2. The molecule has 0 aromatic carbocycles. The highest BCUT2D eigenvalue weighted by Gasteiger charge is 2.48. The molecule has 2 saturated heterocycles. The van der Waals surface area contributed by atoms with E-state index in [4.69, 9.17) is 4.74 Å². The van der Waals surface area contributed by atoms with Crippen molar-refractivity contribution in [2.24, 2.45) is 7.05 Å². The molecule has 2 fully saturated rings. The van der Waals surface area contributed by atoms with Crippen molar-refractivity contribution in [3.63, 3.8) is 0 Å². The number of alkyl halides is 3. The fourth-order valence-corrected chi connectivity index (χ4v) is 4.93. The molecule has 4 aromatic heterocycles. The van der Waals surface area contributed by atoms with Gasteiger partial charge >= 0.3 is 12.1 Å². The first-order chi connectivity index (χ1) is 19.6. The molecule has 0 radical (unpaired) electrons. The zero-order valence-electron chi connectivity index (χ0n) is 22.2. The number of anilines is 2. The van der Waals surface area contributed by atoms with E-state index in [2.05, 4.69) is 25.5 Å². The minimum atomic E-state index is -4.91. The van der Waals surface area contributed by atoms with Crippen LogP contribution < -0.4 is 15.0 Å². The van der Waals surface area contributed by atoms with Gasteiger partial charge in [0, 0.05) is 50.4 Å². The largest absolute Gasteiger partial charge is 0.487 e. The van der Waals surface area contributed by atoms with Crippen molar-refractivity contribution in [2.75, 3.05) is 29.9 Å². The highest BCUT2D eigenvalue weighted by atomic mass is 19.4. The molecular formula is C26H26F3N9O3. The normalized spacial score (nSPS) is 18.7. The lowest BCUT2D eigenvalue weighted by molar-refractivity contribution is -0.193. The molecule has 4 aromatic rings. The third-order valence-corrected chi connectivity index (χ3v) is 7.32. The lowest BCUT2D eigenvalue weighted by atomic mass is 10.0. The number of halogens is 3. The van der Waals surface area contributed by atoms with Gasteiger partial charge in [0.2, 0.25) is 11.9 Å². The van der Waals surface area contributed by atoms with Gasteiger partial charge in [0.15, 0.2) is 11.6 Å². The van der Waals surface area contributed by atoms with Crippen LogP contribution in [0.2, 0.25) is 0 Å². The summed E-state index contributed by atoms with van der Waals surface area (Å²) in [6.45, 7) is 2.54. The van der Waals surface area contributed by atoms with E-state index in [1.165, 1.54) is 6.20 Å². The number of aryl methyl sites for hydroxylation is 2. The van der Waals surface area contributed by atoms with E-state index in [0.717, 1.165) is 16.0 Å². The van der Waals surface area contributed by atoms with Crippen molar-refractivity contribution in [2.45, 2.75) is 38.0 Å². The summed E-state index contributed by atoms with van der Waals surface area (Å²) < 4.78 is 47.5. The van der Waals surface area contributed by atoms with Crippen LogP contribution in [0.1, 0.15) is 18.4 Å². The third kappa shape index (κ3) is 5.02. The Morgan fingerprint density at radius 2 is 1.90 bits per heavy atom. The molecule has 2 atom stereocenters. The Hall–Kier alpha value is -4.69. The van der Waals surface area contributed by atoms with E-state index in [1.54, 1.807) is 47.0 Å². The summed E-state index contributed by atoms with van der Waals surface area (Å²) in [5.74, 6) is -0.802. The first-order valence-electron chi connectivity index (χ1n) is 13.0. The van der Waals surface area contributed by atoms with Gasteiger partial charge in [-0.05, 0) is 37.5 Å². The summed E-state index contributed by atoms with van der Waals surface area (Å²) in [4.78, 5) is 35.8. The van der Waals surface area contributed by atoms with Crippen LogP contribution in [0.4, 0.5) is 24.9 Å². The molecule has 214 valence electrons. The summed E-state index contributed by atoms with van der Waals surface area (Å²) in [5.41, 5.74) is 2.96. The van der Waals surface area contributed by atoms with Gasteiger partial charge in [-0.2, -0.15) is 23.4 Å². The minimum Gasteiger partial charge on any atom is -0.487 e. The summed E-state index contributed by atoms with van der Waals surface area (Å²) in [5, 5.41) is 11.6. The number of nitrogens with zero attached hydrogens (tertiary/aromatic N) is 8. The maximum Gasteiger partial charge on any atom is 0.471 e. The van der Waals surface area contributed by atoms with Gasteiger partial charge in [-0.15, -0.1) is 0 Å². The number of nitrogens with one attached hydrogen (secondary N) is 1. The molecule has 2 aliphatic heterocycles. The summed E-state index contributed by atoms with van der Waals surface area (Å²) in [7, 11) is 1.72. The topological polar surface area (TPSA) is 123 Å². The van der Waals surface area contributed by atoms with Gasteiger partial charge in [0.1, 0.15) is 18.3 Å². The number of rotatable bonds is 7. The van der Waals surface area contributed by atoms with Crippen LogP contribution in [0, 0.1) is 6.92 Å². The predicted octanol–water partition coefficient (Wildman–Crippen LogP) is 2.59. The number of carbonyl (C=O) groups is 2. The van der Waals surface area contributed by atoms with Gasteiger partial charge < -0.3 is 19.9 Å². The number of aromatic nitrogens is 6. The van der Waals surface area contributed by atoms with Crippen molar-refractivity contribution < 1.29 is 27.5 Å². The number of pyridine rings is 1. The number of hydrogen-bond donors (Lipinski definition) is 1. The molecular weight excluding hydrogens is 543 g/mol. The lowest BCUT2D eigenvalue weighted by Crippen LogP contribution is -2.57. The molecule has 6 rings (SSSR count). The standard InChI is InChI=1S/C26H26F3N9O3/c1-15-11-30-25(31-12-15)37-7-5-19(37)23(39)33-21-10-18-9-16(3-8-38(18)34-21)22-20(13-32-35(22)2)41-14-17-4-6-36(17)24(40)26(27,28)29/h3,8-13,17,19H,4-7,14H2,1-2H3,(H,33,34,39)/t17-,19?/m1/s1. The maximum atomic E-state index is 13.0. The zero-order valence-corrected chi connectivity index (χ0v) is 22.2. The van der Waals surface area contributed by atoms with Gasteiger partial charge in [-0.25, -0.2) is 14.5 Å². The molecule has 2 aliphatic rings. The highest BCUT2D eigenvalue weighted by Crippen LogP contribution is 2.33. The summed E-state index contributed by atoms with van der Waals surface area (Å²) in [6, 6.07) is 4.31. The molecule has 12 nitrogen and oxygen atoms in total. The smallest absolute Gasteiger partial charge is 0.471 e. The van der Waals surface area contributed by atoms with Crippen LogP contribution in [0.3, 0.4) is 0 Å². The molecule has 2 amide bonds. The van der Waals surface area contributed by atoms with Crippen LogP contribution in [-0.2, 0) is 16.6 Å². The van der Waals surface area contributed by atoms with Crippen molar-refractivity contribution in [1.82, 2.24) is 34.3 Å². The molecule has 0 aliphatic carbocycles. The fourth-order valence-electron chi connectivity index (χ4n) is 4.93. The Kier molecular flexibility index (Phi) is 6.50. The van der Waals surface area contributed by atoms with Crippen LogP contribution in [0.25, 0.3) is 16.8 Å². The molecule has 6 heterocycles. The van der Waals surface area contributed by atoms with E-state index < -0.39 is 24.2 Å². The monoisotopic (exact) mass is 569 g/mol. The second-order valence-electron chi connectivity index (χ2n) is 10.1. The van der Waals surface area contributed by atoms with E-state index in [0.29, 0.717) is 48.1 Å². The van der Waals surface area contributed by atoms with Gasteiger partial charge in [-0.3, -0.25) is 14.3 Å². The Balaban J connectivity index is 1.14. The Bertz CT molecular complexity index is 1620. The zero-order chi connectivity index (χ0) is 28.9. The van der Waals surface area contributed by atoms with Crippen LogP contribution >= 0.6 is 0 Å². The molecule has 1 unspecified atom stereocenters. The SMILES string of the molecule is Cc1cnc(N2CCC2C(=O)Nc2cc3cc(-c4c(OC[C@H]5CCN5C(=O)C(F)(F)F)cnn4C)ccn3n2)nc1. The van der Waals surface area contributed by atoms with Crippen molar-refractivity contribution in [3.05, 3.63) is 48.5 Å². The minimum absolute atomic E-state index is 0.0432. The molecule has 0 bridgehead atoms. The first kappa shape index (κ1) is 26.5. The number of likely N-dealkylation sites (tertiary alicyclic amines) is 1. The van der Waals surface area contributed by atoms with Gasteiger partial charge in [0.25, 0.3) is 0 Å². The maximum absolute atomic E-state index is 13.0. The summed E-state index contributed by atoms with van der Waals surface area (Å²) in [6.07, 6.45) is 2.82. The molecule has 41 heavy (non-hydrogen) atoms. The average molecular weight is 570 g/mol. The van der Waals surface area contributed by atoms with E-state index in [-0.39, 0.29) is 19.1 Å². The predicted molar refractivity (Wildman–Crippen MR) is 140 cm³/mol. The molecule has 1 N–H and O–H groups in total. The molecule has 0 saturated carbocycles. The third-order valence-electron chi connectivity index (χ3n) is 7.32. The van der Waals surface area contributed by atoms with Crippen LogP contribution in [-0.4, -0.2) is 84.0 Å². The second-order valence-corrected chi connectivity index (χ2v) is 10.1. The molecule has 15 heteroatoms. The second kappa shape index (κ2) is 10.1. The van der Waals surface area contributed by atoms with E-state index >= 15 is 0 Å². The van der Waals surface area contributed by atoms with Crippen molar-refractivity contribution in [1.29, 1.82) is 0 Å².